The van der Waals surface area contributed by atoms with Gasteiger partial charge in [-0.05, 0) is 12.1 Å². The van der Waals surface area contributed by atoms with Gasteiger partial charge in [-0.1, -0.05) is 18.2 Å². The number of morpholine rings is 1. The third-order valence-electron chi connectivity index (χ3n) is 3.49. The van der Waals surface area contributed by atoms with Gasteiger partial charge >= 0.3 is 0 Å². The van der Waals surface area contributed by atoms with Crippen molar-refractivity contribution in [3.63, 3.8) is 0 Å². The number of ether oxygens (including phenoxy) is 2. The van der Waals surface area contributed by atoms with Gasteiger partial charge in [-0.15, -0.1) is 0 Å². The molecule has 3 N–H and O–H groups in total. The van der Waals surface area contributed by atoms with Crippen LogP contribution in [0.15, 0.2) is 36.4 Å². The summed E-state index contributed by atoms with van der Waals surface area (Å²) >= 11 is 0. The van der Waals surface area contributed by atoms with E-state index in [2.05, 4.69) is 20.2 Å². The Labute approximate surface area is 135 Å². The van der Waals surface area contributed by atoms with Crippen molar-refractivity contribution in [2.24, 2.45) is 0 Å². The molecule has 7 heteroatoms. The van der Waals surface area contributed by atoms with Crippen LogP contribution in [0.25, 0.3) is 0 Å². The first-order chi connectivity index (χ1) is 11.3. The predicted molar refractivity (Wildman–Crippen MR) is 89.9 cm³/mol. The molecule has 0 aliphatic carbocycles. The summed E-state index contributed by atoms with van der Waals surface area (Å²) in [6.45, 7) is 4.21. The van der Waals surface area contributed by atoms with E-state index in [1.54, 1.807) is 0 Å². The molecule has 2 heterocycles. The van der Waals surface area contributed by atoms with Gasteiger partial charge in [0, 0.05) is 19.2 Å². The maximum Gasteiger partial charge on any atom is 0.223 e. The van der Waals surface area contributed by atoms with E-state index in [0.29, 0.717) is 32.2 Å². The number of hydrogen-bond donors (Lipinski definition) is 2. The molecule has 1 fully saturated rings. The van der Waals surface area contributed by atoms with Gasteiger partial charge in [0.2, 0.25) is 5.95 Å². The third-order valence-corrected chi connectivity index (χ3v) is 3.49. The van der Waals surface area contributed by atoms with Crippen LogP contribution in [0.4, 0.5) is 17.6 Å². The lowest BCUT2D eigenvalue weighted by Gasteiger charge is -2.28. The summed E-state index contributed by atoms with van der Waals surface area (Å²) in [5.74, 6) is 2.65. The molecule has 23 heavy (non-hydrogen) atoms. The van der Waals surface area contributed by atoms with E-state index in [1.807, 2.05) is 36.4 Å². The summed E-state index contributed by atoms with van der Waals surface area (Å²) in [6.07, 6.45) is 0. The summed E-state index contributed by atoms with van der Waals surface area (Å²) in [4.78, 5) is 10.7. The first-order valence-corrected chi connectivity index (χ1v) is 7.70. The van der Waals surface area contributed by atoms with Crippen LogP contribution >= 0.6 is 0 Å². The fourth-order valence-corrected chi connectivity index (χ4v) is 2.36. The zero-order chi connectivity index (χ0) is 15.9. The second-order valence-corrected chi connectivity index (χ2v) is 5.16. The Hall–Kier alpha value is -2.54. The minimum atomic E-state index is 0.264. The van der Waals surface area contributed by atoms with Crippen LogP contribution in [-0.4, -0.2) is 49.4 Å². The molecule has 7 nitrogen and oxygen atoms in total. The van der Waals surface area contributed by atoms with E-state index in [9.17, 15) is 0 Å². The number of aromatic nitrogens is 2. The summed E-state index contributed by atoms with van der Waals surface area (Å²) in [6, 6.07) is 11.6. The Morgan fingerprint density at radius 1 is 1.17 bits per heavy atom. The Morgan fingerprint density at radius 3 is 2.74 bits per heavy atom. The molecule has 2 aromatic rings. The minimum absolute atomic E-state index is 0.264. The molecule has 1 saturated heterocycles. The van der Waals surface area contributed by atoms with Crippen molar-refractivity contribution in [2.75, 3.05) is 55.4 Å². The lowest BCUT2D eigenvalue weighted by molar-refractivity contribution is 0.122. The summed E-state index contributed by atoms with van der Waals surface area (Å²) in [7, 11) is 0. The van der Waals surface area contributed by atoms with Crippen molar-refractivity contribution in [2.45, 2.75) is 0 Å². The Morgan fingerprint density at radius 2 is 1.96 bits per heavy atom. The largest absolute Gasteiger partial charge is 0.492 e. The van der Waals surface area contributed by atoms with Crippen LogP contribution in [0.1, 0.15) is 0 Å². The van der Waals surface area contributed by atoms with E-state index in [1.165, 1.54) is 0 Å². The molecule has 1 aliphatic rings. The second kappa shape index (κ2) is 7.64. The smallest absolute Gasteiger partial charge is 0.223 e. The zero-order valence-electron chi connectivity index (χ0n) is 12.9. The summed E-state index contributed by atoms with van der Waals surface area (Å²) < 4.78 is 11.0. The number of nitrogen functional groups attached to an aromatic ring is 1. The van der Waals surface area contributed by atoms with Gasteiger partial charge in [-0.25, -0.2) is 0 Å². The topological polar surface area (TPSA) is 85.5 Å². The molecule has 1 aromatic heterocycles. The lowest BCUT2D eigenvalue weighted by Crippen LogP contribution is -2.37. The number of anilines is 3. The van der Waals surface area contributed by atoms with Crippen molar-refractivity contribution in [3.8, 4) is 5.75 Å². The molecular formula is C16H21N5O2. The highest BCUT2D eigenvalue weighted by atomic mass is 16.5. The number of nitrogens with zero attached hydrogens (tertiary/aromatic N) is 3. The quantitative estimate of drug-likeness (QED) is 0.779. The first-order valence-electron chi connectivity index (χ1n) is 7.70. The lowest BCUT2D eigenvalue weighted by atomic mass is 10.3. The van der Waals surface area contributed by atoms with Crippen molar-refractivity contribution in [1.82, 2.24) is 9.97 Å². The van der Waals surface area contributed by atoms with Crippen LogP contribution < -0.4 is 20.7 Å². The van der Waals surface area contributed by atoms with Gasteiger partial charge in [-0.3, -0.25) is 0 Å². The van der Waals surface area contributed by atoms with Crippen LogP contribution in [0.5, 0.6) is 5.75 Å². The minimum Gasteiger partial charge on any atom is -0.492 e. The number of benzene rings is 1. The molecule has 0 bridgehead atoms. The summed E-state index contributed by atoms with van der Waals surface area (Å²) in [5, 5.41) is 3.22. The highest BCUT2D eigenvalue weighted by molar-refractivity contribution is 5.52. The van der Waals surface area contributed by atoms with Crippen molar-refractivity contribution in [3.05, 3.63) is 36.4 Å². The number of para-hydroxylation sites is 1. The van der Waals surface area contributed by atoms with Crippen molar-refractivity contribution < 1.29 is 9.47 Å². The highest BCUT2D eigenvalue weighted by Gasteiger charge is 2.14. The highest BCUT2D eigenvalue weighted by Crippen LogP contribution is 2.18. The molecule has 1 aromatic carbocycles. The number of rotatable bonds is 6. The third kappa shape index (κ3) is 4.46. The van der Waals surface area contributed by atoms with Gasteiger partial charge in [0.1, 0.15) is 24.0 Å². The molecule has 1 aliphatic heterocycles. The van der Waals surface area contributed by atoms with E-state index >= 15 is 0 Å². The predicted octanol–water partition coefficient (Wildman–Crippen LogP) is 1.39. The molecule has 0 spiro atoms. The van der Waals surface area contributed by atoms with Crippen LogP contribution in [0, 0.1) is 0 Å². The van der Waals surface area contributed by atoms with E-state index < -0.39 is 0 Å². The average Bonchev–Trinajstić information content (AvgIpc) is 2.60. The molecule has 0 unspecified atom stereocenters. The first kappa shape index (κ1) is 15.4. The molecule has 122 valence electrons. The second-order valence-electron chi connectivity index (χ2n) is 5.16. The zero-order valence-corrected chi connectivity index (χ0v) is 12.9. The SMILES string of the molecule is Nc1nc(NCCOc2ccccc2)cc(N2CCOCC2)n1. The van der Waals surface area contributed by atoms with Gasteiger partial charge in [0.25, 0.3) is 0 Å². The molecule has 0 saturated carbocycles. The Balaban J connectivity index is 1.54. The van der Waals surface area contributed by atoms with Crippen molar-refractivity contribution in [1.29, 1.82) is 0 Å². The molecule has 0 amide bonds. The van der Waals surface area contributed by atoms with Crippen LogP contribution in [0.3, 0.4) is 0 Å². The van der Waals surface area contributed by atoms with E-state index in [4.69, 9.17) is 15.2 Å². The average molecular weight is 315 g/mol. The molecule has 0 radical (unpaired) electrons. The van der Waals surface area contributed by atoms with E-state index in [-0.39, 0.29) is 5.95 Å². The number of nitrogens with one attached hydrogen (secondary N) is 1. The molecular weight excluding hydrogens is 294 g/mol. The van der Waals surface area contributed by atoms with Gasteiger partial charge in [0.05, 0.1) is 19.8 Å². The normalized spacial score (nSPS) is 14.5. The van der Waals surface area contributed by atoms with Crippen LogP contribution in [-0.2, 0) is 4.74 Å². The van der Waals surface area contributed by atoms with Gasteiger partial charge in [-0.2, -0.15) is 9.97 Å². The Kier molecular flexibility index (Phi) is 5.10. The molecule has 0 atom stereocenters. The molecule has 3 rings (SSSR count). The van der Waals surface area contributed by atoms with Crippen molar-refractivity contribution >= 4 is 17.6 Å². The maximum absolute atomic E-state index is 5.81. The number of hydrogen-bond acceptors (Lipinski definition) is 7. The van der Waals surface area contributed by atoms with Gasteiger partial charge in [0.15, 0.2) is 0 Å². The monoisotopic (exact) mass is 315 g/mol. The fourth-order valence-electron chi connectivity index (χ4n) is 2.36. The summed E-state index contributed by atoms with van der Waals surface area (Å²) in [5.41, 5.74) is 5.81. The maximum atomic E-state index is 5.81. The van der Waals surface area contributed by atoms with Crippen LogP contribution in [0.2, 0.25) is 0 Å². The Bertz CT molecular complexity index is 617. The van der Waals surface area contributed by atoms with Gasteiger partial charge < -0.3 is 25.4 Å². The fraction of sp³-hybridized carbons (Fsp3) is 0.375. The standard InChI is InChI=1S/C16H21N5O2/c17-16-19-14(12-15(20-16)21-7-10-22-11-8-21)18-6-9-23-13-4-2-1-3-5-13/h1-5,12H,6-11H2,(H3,17,18,19,20). The van der Waals surface area contributed by atoms with E-state index in [0.717, 1.165) is 24.7 Å². The number of nitrogens with two attached hydrogens (primary N) is 1.